The van der Waals surface area contributed by atoms with Gasteiger partial charge in [0.2, 0.25) is 0 Å². The highest BCUT2D eigenvalue weighted by atomic mass is 16.4. The molecule has 28 heavy (non-hydrogen) atoms. The first-order valence-electron chi connectivity index (χ1n) is 10.3. The van der Waals surface area contributed by atoms with Gasteiger partial charge in [0.05, 0.1) is 0 Å². The van der Waals surface area contributed by atoms with Crippen LogP contribution in [-0.2, 0) is 9.59 Å². The third-order valence-corrected chi connectivity index (χ3v) is 4.81. The fraction of sp³-hybridized carbons (Fsp3) is 0.889. The second-order valence-electron chi connectivity index (χ2n) is 7.17. The van der Waals surface area contributed by atoms with Crippen molar-refractivity contribution >= 4 is 11.9 Å². The van der Waals surface area contributed by atoms with Gasteiger partial charge >= 0.3 is 11.9 Å². The van der Waals surface area contributed by atoms with E-state index in [9.17, 15) is 9.59 Å². The number of hydrogen-bond donors (Lipinski definition) is 8. The van der Waals surface area contributed by atoms with Gasteiger partial charge in [-0.25, -0.2) is 0 Å². The van der Waals surface area contributed by atoms with E-state index >= 15 is 0 Å². The van der Waals surface area contributed by atoms with Crippen molar-refractivity contribution in [3.63, 3.8) is 0 Å². The Bertz CT molecular complexity index is 400. The zero-order chi connectivity index (χ0) is 20.5. The van der Waals surface area contributed by atoms with Gasteiger partial charge in [-0.2, -0.15) is 0 Å². The smallest absolute Gasteiger partial charge is 0.303 e. The maximum absolute atomic E-state index is 11.1. The summed E-state index contributed by atoms with van der Waals surface area (Å²) in [5, 5.41) is 38.5. The molecule has 0 aromatic carbocycles. The zero-order valence-corrected chi connectivity index (χ0v) is 16.8. The van der Waals surface area contributed by atoms with Crippen molar-refractivity contribution in [3.8, 4) is 0 Å². The van der Waals surface area contributed by atoms with E-state index in [2.05, 4.69) is 31.9 Å². The second-order valence-corrected chi connectivity index (χ2v) is 7.17. The van der Waals surface area contributed by atoms with Gasteiger partial charge < -0.3 is 42.1 Å². The number of aliphatic carboxylic acids is 2. The van der Waals surface area contributed by atoms with Crippen molar-refractivity contribution in [2.75, 3.05) is 72.0 Å². The monoisotopic (exact) mass is 402 g/mol. The van der Waals surface area contributed by atoms with Crippen molar-refractivity contribution in [1.82, 2.24) is 31.9 Å². The summed E-state index contributed by atoms with van der Waals surface area (Å²) in [4.78, 5) is 22.2. The van der Waals surface area contributed by atoms with E-state index in [1.807, 2.05) is 0 Å². The molecule has 0 saturated carbocycles. The van der Waals surface area contributed by atoms with Crippen LogP contribution < -0.4 is 31.9 Å². The van der Waals surface area contributed by atoms with Gasteiger partial charge in [-0.05, 0) is 12.8 Å². The fourth-order valence-electron chi connectivity index (χ4n) is 3.18. The van der Waals surface area contributed by atoms with Gasteiger partial charge in [0.25, 0.3) is 0 Å². The Morgan fingerprint density at radius 2 is 0.964 bits per heavy atom. The molecule has 1 heterocycles. The van der Waals surface area contributed by atoms with E-state index in [0.717, 1.165) is 58.9 Å². The molecule has 1 saturated heterocycles. The topological polar surface area (TPSA) is 147 Å². The van der Waals surface area contributed by atoms with Crippen molar-refractivity contribution in [2.45, 2.75) is 31.2 Å². The van der Waals surface area contributed by atoms with Crippen molar-refractivity contribution in [1.29, 1.82) is 0 Å². The highest BCUT2D eigenvalue weighted by molar-refractivity contribution is 5.67. The van der Waals surface area contributed by atoms with E-state index < -0.39 is 17.5 Å². The first-order valence-corrected chi connectivity index (χ1v) is 10.3. The molecule has 8 N–H and O–H groups in total. The Hall–Kier alpha value is -1.30. The van der Waals surface area contributed by atoms with Crippen LogP contribution in [0.5, 0.6) is 0 Å². The van der Waals surface area contributed by atoms with Crippen LogP contribution in [0.4, 0.5) is 0 Å². The Morgan fingerprint density at radius 1 is 0.607 bits per heavy atom. The molecule has 0 atom stereocenters. The molecular weight excluding hydrogens is 364 g/mol. The van der Waals surface area contributed by atoms with E-state index in [1.165, 1.54) is 0 Å². The third kappa shape index (κ3) is 13.0. The number of carbonyl (C=O) groups is 2. The van der Waals surface area contributed by atoms with Crippen LogP contribution in [0.3, 0.4) is 0 Å². The fourth-order valence-corrected chi connectivity index (χ4v) is 3.18. The lowest BCUT2D eigenvalue weighted by Crippen LogP contribution is -2.55. The summed E-state index contributed by atoms with van der Waals surface area (Å²) < 4.78 is 0. The van der Waals surface area contributed by atoms with Crippen LogP contribution in [0.1, 0.15) is 25.7 Å². The van der Waals surface area contributed by atoms with Gasteiger partial charge in [-0.1, -0.05) is 0 Å². The Morgan fingerprint density at radius 3 is 1.36 bits per heavy atom. The minimum Gasteiger partial charge on any atom is -0.481 e. The average molecular weight is 403 g/mol. The van der Waals surface area contributed by atoms with Gasteiger partial charge in [0, 0.05) is 90.4 Å². The summed E-state index contributed by atoms with van der Waals surface area (Å²) in [7, 11) is 0. The number of carboxylic acids is 2. The average Bonchev–Trinajstić information content (AvgIpc) is 2.66. The summed E-state index contributed by atoms with van der Waals surface area (Å²) in [5.41, 5.74) is -0.552. The van der Waals surface area contributed by atoms with Crippen LogP contribution in [0.15, 0.2) is 0 Å². The van der Waals surface area contributed by atoms with Crippen molar-refractivity contribution in [3.05, 3.63) is 0 Å². The zero-order valence-electron chi connectivity index (χ0n) is 16.8. The molecular formula is C18H38N6O4. The highest BCUT2D eigenvalue weighted by Crippen LogP contribution is 2.19. The van der Waals surface area contributed by atoms with Gasteiger partial charge in [0.15, 0.2) is 0 Å². The quantitative estimate of drug-likeness (QED) is 0.251. The molecule has 0 amide bonds. The number of carboxylic acid groups (broad SMARTS) is 2. The number of nitrogens with one attached hydrogen (secondary N) is 6. The largest absolute Gasteiger partial charge is 0.481 e. The Labute approximate surface area is 167 Å². The number of rotatable bonds is 6. The van der Waals surface area contributed by atoms with Crippen molar-refractivity contribution in [2.24, 2.45) is 0 Å². The lowest BCUT2D eigenvalue weighted by molar-refractivity contribution is -0.137. The van der Waals surface area contributed by atoms with Crippen LogP contribution in [-0.4, -0.2) is 99.7 Å². The number of hydrogen-bond acceptors (Lipinski definition) is 8. The summed E-state index contributed by atoms with van der Waals surface area (Å²) in [6, 6.07) is 0. The molecule has 10 heteroatoms. The van der Waals surface area contributed by atoms with E-state index in [1.54, 1.807) is 0 Å². The molecule has 0 radical (unpaired) electrons. The maximum atomic E-state index is 11.1. The SMILES string of the molecule is O=C(O)CCC1(CCC(=O)O)CNCCNCCNCCNCCNCCN1. The molecule has 0 spiro atoms. The van der Waals surface area contributed by atoms with Gasteiger partial charge in [-0.3, -0.25) is 9.59 Å². The molecule has 10 nitrogen and oxygen atoms in total. The molecule has 0 bridgehead atoms. The molecule has 1 fully saturated rings. The summed E-state index contributed by atoms with van der Waals surface area (Å²) in [6.07, 6.45) is 0.800. The minimum absolute atomic E-state index is 0.00949. The summed E-state index contributed by atoms with van der Waals surface area (Å²) in [6.45, 7) is 8.85. The van der Waals surface area contributed by atoms with E-state index in [-0.39, 0.29) is 12.8 Å². The van der Waals surface area contributed by atoms with E-state index in [4.69, 9.17) is 10.2 Å². The molecule has 1 aliphatic rings. The highest BCUT2D eigenvalue weighted by Gasteiger charge is 2.30. The lowest BCUT2D eigenvalue weighted by atomic mass is 9.87. The summed E-state index contributed by atoms with van der Waals surface area (Å²) >= 11 is 0. The minimum atomic E-state index is -0.866. The van der Waals surface area contributed by atoms with Crippen molar-refractivity contribution < 1.29 is 19.8 Å². The summed E-state index contributed by atoms with van der Waals surface area (Å²) in [5.74, 6) is -1.73. The van der Waals surface area contributed by atoms with Gasteiger partial charge in [-0.15, -0.1) is 0 Å². The van der Waals surface area contributed by atoms with Crippen LogP contribution in [0, 0.1) is 0 Å². The molecule has 0 aliphatic carbocycles. The lowest BCUT2D eigenvalue weighted by Gasteiger charge is -2.35. The molecule has 164 valence electrons. The molecule has 1 rings (SSSR count). The van der Waals surface area contributed by atoms with Crippen LogP contribution >= 0.6 is 0 Å². The molecule has 1 aliphatic heterocycles. The Balaban J connectivity index is 2.64. The third-order valence-electron chi connectivity index (χ3n) is 4.81. The van der Waals surface area contributed by atoms with Crippen LogP contribution in [0.2, 0.25) is 0 Å². The first-order chi connectivity index (χ1) is 13.5. The normalized spacial score (nSPS) is 21.3. The first kappa shape index (κ1) is 24.7. The standard InChI is InChI=1S/C18H38N6O4/c25-16(26)1-3-18(4-2-17(27)28)15-23-12-11-21-8-7-19-5-6-20-9-10-22-13-14-24-18/h19-24H,1-15H2,(H,25,26)(H,27,28). The molecule has 0 unspecified atom stereocenters. The molecule has 0 aromatic rings. The van der Waals surface area contributed by atoms with Crippen LogP contribution in [0.25, 0.3) is 0 Å². The predicted octanol–water partition coefficient (Wildman–Crippen LogP) is -1.99. The predicted molar refractivity (Wildman–Crippen MR) is 109 cm³/mol. The molecule has 0 aromatic heterocycles. The maximum Gasteiger partial charge on any atom is 0.303 e. The van der Waals surface area contributed by atoms with E-state index in [0.29, 0.717) is 25.9 Å². The van der Waals surface area contributed by atoms with Gasteiger partial charge in [0.1, 0.15) is 0 Å². The Kier molecular flexibility index (Phi) is 13.8. The second kappa shape index (κ2) is 15.6.